The zero-order chi connectivity index (χ0) is 13.2. The summed E-state index contributed by atoms with van der Waals surface area (Å²) < 4.78 is 7.17. The van der Waals surface area contributed by atoms with E-state index in [0.717, 1.165) is 16.7 Å². The third-order valence-electron chi connectivity index (χ3n) is 2.83. The molecule has 0 saturated carbocycles. The molecule has 5 heteroatoms. The van der Waals surface area contributed by atoms with Crippen molar-refractivity contribution in [1.82, 2.24) is 9.55 Å². The molecule has 19 heavy (non-hydrogen) atoms. The van der Waals surface area contributed by atoms with Crippen molar-refractivity contribution >= 4 is 22.9 Å². The molecule has 3 rings (SSSR count). The van der Waals surface area contributed by atoms with Crippen LogP contribution in [0, 0.1) is 0 Å². The first-order chi connectivity index (χ1) is 9.24. The van der Waals surface area contributed by atoms with Gasteiger partial charge in [-0.3, -0.25) is 4.79 Å². The average molecular weight is 272 g/mol. The van der Waals surface area contributed by atoms with E-state index in [1.165, 1.54) is 11.8 Å². The molecule has 0 atom stereocenters. The molecule has 3 aromatic rings. The molecule has 1 aromatic carbocycles. The second kappa shape index (κ2) is 4.93. The van der Waals surface area contributed by atoms with Crippen LogP contribution in [-0.4, -0.2) is 9.55 Å². The number of oxazole rings is 1. The molecule has 96 valence electrons. The van der Waals surface area contributed by atoms with Gasteiger partial charge in [-0.15, -0.1) is 0 Å². The van der Waals surface area contributed by atoms with Crippen molar-refractivity contribution in [3.63, 3.8) is 0 Å². The minimum absolute atomic E-state index is 0.0195. The number of fused-ring (bicyclic) bond motifs is 1. The quantitative estimate of drug-likeness (QED) is 0.688. The molecule has 0 aliphatic rings. The number of nitrogens with zero attached hydrogens (tertiary/aromatic N) is 2. The number of aryl methyl sites for hydroxylation is 1. The molecule has 0 N–H and O–H groups in total. The average Bonchev–Trinajstić information content (AvgIpc) is 2.83. The molecule has 0 unspecified atom stereocenters. The van der Waals surface area contributed by atoms with Gasteiger partial charge in [0.25, 0.3) is 10.8 Å². The number of benzene rings is 1. The summed E-state index contributed by atoms with van der Waals surface area (Å²) in [6.45, 7) is 0. The molecule has 0 fully saturated rings. The van der Waals surface area contributed by atoms with Crippen molar-refractivity contribution in [1.29, 1.82) is 0 Å². The molecular weight excluding hydrogens is 260 g/mol. The Kier molecular flexibility index (Phi) is 3.13. The number of aromatic nitrogens is 2. The molecular formula is C14H12N2O2S. The lowest BCUT2D eigenvalue weighted by Crippen LogP contribution is -2.19. The van der Waals surface area contributed by atoms with E-state index >= 15 is 0 Å². The fourth-order valence-corrected chi connectivity index (χ4v) is 2.63. The second-order valence-corrected chi connectivity index (χ2v) is 5.11. The number of pyridine rings is 1. The molecule has 2 aromatic heterocycles. The first-order valence-electron chi connectivity index (χ1n) is 5.87. The number of hydrogen-bond acceptors (Lipinski definition) is 4. The largest absolute Gasteiger partial charge is 0.431 e. The van der Waals surface area contributed by atoms with Gasteiger partial charge in [0, 0.05) is 24.6 Å². The number of rotatable bonds is 3. The highest BCUT2D eigenvalue weighted by atomic mass is 32.2. The SMILES string of the molecule is Cn1cccc(CSc2nc3ccccc3o2)c1=O. The lowest BCUT2D eigenvalue weighted by molar-refractivity contribution is 0.489. The van der Waals surface area contributed by atoms with E-state index in [1.54, 1.807) is 17.8 Å². The molecule has 0 spiro atoms. The lowest BCUT2D eigenvalue weighted by Gasteiger charge is -2.00. The summed E-state index contributed by atoms with van der Waals surface area (Å²) in [7, 11) is 1.75. The fraction of sp³-hybridized carbons (Fsp3) is 0.143. The minimum Gasteiger partial charge on any atom is -0.431 e. The van der Waals surface area contributed by atoms with Gasteiger partial charge >= 0.3 is 0 Å². The van der Waals surface area contributed by atoms with Crippen molar-refractivity contribution in [3.05, 3.63) is 58.5 Å². The molecule has 4 nitrogen and oxygen atoms in total. The summed E-state index contributed by atoms with van der Waals surface area (Å²) in [5.41, 5.74) is 2.38. The van der Waals surface area contributed by atoms with E-state index in [2.05, 4.69) is 4.98 Å². The molecule has 0 aliphatic heterocycles. The first kappa shape index (κ1) is 12.0. The third-order valence-corrected chi connectivity index (χ3v) is 3.70. The zero-order valence-electron chi connectivity index (χ0n) is 10.4. The Morgan fingerprint density at radius 3 is 2.95 bits per heavy atom. The van der Waals surface area contributed by atoms with Crippen LogP contribution >= 0.6 is 11.8 Å². The highest BCUT2D eigenvalue weighted by molar-refractivity contribution is 7.98. The summed E-state index contributed by atoms with van der Waals surface area (Å²) in [6.07, 6.45) is 1.75. The summed E-state index contributed by atoms with van der Waals surface area (Å²) in [6, 6.07) is 11.3. The summed E-state index contributed by atoms with van der Waals surface area (Å²) in [4.78, 5) is 16.2. The number of para-hydroxylation sites is 2. The van der Waals surface area contributed by atoms with Crippen LogP contribution in [-0.2, 0) is 12.8 Å². The predicted molar refractivity (Wildman–Crippen MR) is 75.3 cm³/mol. The normalized spacial score (nSPS) is 11.0. The standard InChI is InChI=1S/C14H12N2O2S/c1-16-8-4-5-10(13(16)17)9-19-14-15-11-6-2-3-7-12(11)18-14/h2-8H,9H2,1H3. The maximum absolute atomic E-state index is 11.9. The van der Waals surface area contributed by atoms with Gasteiger partial charge in [-0.25, -0.2) is 4.98 Å². The molecule has 0 bridgehead atoms. The predicted octanol–water partition coefficient (Wildman–Crippen LogP) is 2.82. The van der Waals surface area contributed by atoms with Crippen LogP contribution in [0.25, 0.3) is 11.1 Å². The van der Waals surface area contributed by atoms with Crippen molar-refractivity contribution < 1.29 is 4.42 Å². The van der Waals surface area contributed by atoms with Gasteiger partial charge < -0.3 is 8.98 Å². The zero-order valence-corrected chi connectivity index (χ0v) is 11.2. The summed E-state index contributed by atoms with van der Waals surface area (Å²) >= 11 is 1.43. The Labute approximate surface area is 114 Å². The molecule has 2 heterocycles. The Morgan fingerprint density at radius 2 is 2.11 bits per heavy atom. The Hall–Kier alpha value is -2.01. The third kappa shape index (κ3) is 2.42. The van der Waals surface area contributed by atoms with Crippen LogP contribution < -0.4 is 5.56 Å². The van der Waals surface area contributed by atoms with E-state index in [9.17, 15) is 4.79 Å². The topological polar surface area (TPSA) is 48.0 Å². The maximum atomic E-state index is 11.9. The number of hydrogen-bond donors (Lipinski definition) is 0. The van der Waals surface area contributed by atoms with Gasteiger partial charge in [0.05, 0.1) is 0 Å². The summed E-state index contributed by atoms with van der Waals surface area (Å²) in [5.74, 6) is 0.556. The fourth-order valence-electron chi connectivity index (χ4n) is 1.82. The Bertz CT molecular complexity index is 743. The molecule has 0 amide bonds. The van der Waals surface area contributed by atoms with Crippen molar-refractivity contribution in [3.8, 4) is 0 Å². The highest BCUT2D eigenvalue weighted by Crippen LogP contribution is 2.25. The lowest BCUT2D eigenvalue weighted by atomic mass is 10.3. The van der Waals surface area contributed by atoms with Crippen LogP contribution in [0.4, 0.5) is 0 Å². The van der Waals surface area contributed by atoms with Gasteiger partial charge in [-0.2, -0.15) is 0 Å². The van der Waals surface area contributed by atoms with Crippen LogP contribution in [0.2, 0.25) is 0 Å². The van der Waals surface area contributed by atoms with Crippen LogP contribution in [0.3, 0.4) is 0 Å². The van der Waals surface area contributed by atoms with Crippen LogP contribution in [0.15, 0.2) is 57.0 Å². The Balaban J connectivity index is 1.82. The minimum atomic E-state index is 0.0195. The smallest absolute Gasteiger partial charge is 0.257 e. The van der Waals surface area contributed by atoms with Gasteiger partial charge in [-0.1, -0.05) is 30.0 Å². The molecule has 0 saturated heterocycles. The van der Waals surface area contributed by atoms with E-state index in [-0.39, 0.29) is 5.56 Å². The summed E-state index contributed by atoms with van der Waals surface area (Å²) in [5, 5.41) is 0.590. The Morgan fingerprint density at radius 1 is 1.26 bits per heavy atom. The first-order valence-corrected chi connectivity index (χ1v) is 6.85. The van der Waals surface area contributed by atoms with Gasteiger partial charge in [-0.05, 0) is 18.2 Å². The van der Waals surface area contributed by atoms with Gasteiger partial charge in [0.1, 0.15) is 5.52 Å². The monoisotopic (exact) mass is 272 g/mol. The molecule has 0 radical (unpaired) electrons. The number of thioether (sulfide) groups is 1. The van der Waals surface area contributed by atoms with Gasteiger partial charge in [0.2, 0.25) is 0 Å². The van der Waals surface area contributed by atoms with Crippen molar-refractivity contribution in [2.75, 3.05) is 0 Å². The van der Waals surface area contributed by atoms with Crippen LogP contribution in [0.5, 0.6) is 0 Å². The molecule has 0 aliphatic carbocycles. The maximum Gasteiger partial charge on any atom is 0.257 e. The van der Waals surface area contributed by atoms with Gasteiger partial charge in [0.15, 0.2) is 5.58 Å². The van der Waals surface area contributed by atoms with E-state index < -0.39 is 0 Å². The van der Waals surface area contributed by atoms with Crippen LogP contribution in [0.1, 0.15) is 5.56 Å². The van der Waals surface area contributed by atoms with Crippen molar-refractivity contribution in [2.24, 2.45) is 7.05 Å². The van der Waals surface area contributed by atoms with E-state index in [1.807, 2.05) is 36.4 Å². The van der Waals surface area contributed by atoms with Crippen molar-refractivity contribution in [2.45, 2.75) is 11.0 Å². The second-order valence-electron chi connectivity index (χ2n) is 4.19. The van der Waals surface area contributed by atoms with E-state index in [4.69, 9.17) is 4.42 Å². The highest BCUT2D eigenvalue weighted by Gasteiger charge is 2.07. The van der Waals surface area contributed by atoms with E-state index in [0.29, 0.717) is 11.0 Å².